The third kappa shape index (κ3) is 8.24. The molecule has 0 bridgehead atoms. The van der Waals surface area contributed by atoms with Crippen LogP contribution in [0.4, 0.5) is 0 Å². The SMILES string of the molecule is O=C(CNC(=O)c1ncc2cc(Oc3ccc(Cl)cc3)ccc2c1O)OC(=O)CNC(=O)c1ncc2ccc(Oc3ccc(Cl)cc3)cc2c1O. The summed E-state index contributed by atoms with van der Waals surface area (Å²) in [5, 5.41) is 28.6. The molecule has 2 amide bonds. The first kappa shape index (κ1) is 34.4. The Bertz CT molecular complexity index is 2320. The van der Waals surface area contributed by atoms with Crippen molar-refractivity contribution in [1.29, 1.82) is 0 Å². The first-order chi connectivity index (χ1) is 24.5. The van der Waals surface area contributed by atoms with Crippen LogP contribution in [0.2, 0.25) is 10.0 Å². The standard InChI is InChI=1S/C36H24Cl2N4O9/c37-21-2-7-23(8-3-21)49-25-11-12-27-20(13-25)16-40-31(33(27)45)35(47)41-17-29(43)51-30(44)18-42-36(48)32-34(46)28-14-26(6-1-19(28)15-39-32)50-24-9-4-22(38)5-10-24/h1-16,45-46H,17-18H2,(H,41,47)(H,42,48). The Balaban J connectivity index is 1.01. The van der Waals surface area contributed by atoms with Crippen molar-refractivity contribution in [3.05, 3.63) is 119 Å². The summed E-state index contributed by atoms with van der Waals surface area (Å²) in [6, 6.07) is 22.9. The minimum absolute atomic E-state index is 0.259. The van der Waals surface area contributed by atoms with Gasteiger partial charge in [0.05, 0.1) is 0 Å². The van der Waals surface area contributed by atoms with Crippen LogP contribution in [0.25, 0.3) is 21.5 Å². The summed E-state index contributed by atoms with van der Waals surface area (Å²) >= 11 is 11.8. The van der Waals surface area contributed by atoms with Crippen molar-refractivity contribution in [2.24, 2.45) is 0 Å². The Labute approximate surface area is 298 Å². The average molecular weight is 728 g/mol. The first-order valence-electron chi connectivity index (χ1n) is 14.9. The number of hydrogen-bond donors (Lipinski definition) is 4. The van der Waals surface area contributed by atoms with Gasteiger partial charge in [-0.2, -0.15) is 0 Å². The summed E-state index contributed by atoms with van der Waals surface area (Å²) in [6.45, 7) is -1.51. The normalized spacial score (nSPS) is 10.8. The van der Waals surface area contributed by atoms with E-state index in [4.69, 9.17) is 32.7 Å². The molecule has 0 aliphatic rings. The molecule has 0 saturated heterocycles. The van der Waals surface area contributed by atoms with Crippen molar-refractivity contribution in [1.82, 2.24) is 20.6 Å². The molecule has 0 aliphatic carbocycles. The third-order valence-electron chi connectivity index (χ3n) is 7.22. The van der Waals surface area contributed by atoms with Crippen LogP contribution in [0, 0.1) is 0 Å². The monoisotopic (exact) mass is 726 g/mol. The highest BCUT2D eigenvalue weighted by Gasteiger charge is 2.21. The third-order valence-corrected chi connectivity index (χ3v) is 7.72. The summed E-state index contributed by atoms with van der Waals surface area (Å²) in [5.74, 6) is -3.17. The minimum Gasteiger partial charge on any atom is -0.505 e. The summed E-state index contributed by atoms with van der Waals surface area (Å²) in [6.07, 6.45) is 2.71. The molecular formula is C36H24Cl2N4O9. The van der Waals surface area contributed by atoms with Crippen LogP contribution in [-0.4, -0.2) is 57.0 Å². The van der Waals surface area contributed by atoms with Gasteiger partial charge in [-0.1, -0.05) is 23.2 Å². The maximum atomic E-state index is 12.7. The van der Waals surface area contributed by atoms with Crippen LogP contribution in [0.15, 0.2) is 97.3 Å². The van der Waals surface area contributed by atoms with Crippen molar-refractivity contribution in [3.8, 4) is 34.5 Å². The van der Waals surface area contributed by atoms with Crippen molar-refractivity contribution in [2.45, 2.75) is 0 Å². The average Bonchev–Trinajstić information content (AvgIpc) is 3.12. The van der Waals surface area contributed by atoms with Crippen LogP contribution < -0.4 is 20.1 Å². The predicted octanol–water partition coefficient (Wildman–Crippen LogP) is 6.32. The van der Waals surface area contributed by atoms with Gasteiger partial charge in [-0.3, -0.25) is 9.59 Å². The predicted molar refractivity (Wildman–Crippen MR) is 186 cm³/mol. The lowest BCUT2D eigenvalue weighted by atomic mass is 10.1. The molecule has 2 heterocycles. The van der Waals surface area contributed by atoms with Gasteiger partial charge in [0.2, 0.25) is 0 Å². The smallest absolute Gasteiger partial charge is 0.333 e. The van der Waals surface area contributed by atoms with E-state index in [1.54, 1.807) is 72.8 Å². The van der Waals surface area contributed by atoms with E-state index in [-0.39, 0.29) is 16.8 Å². The number of benzene rings is 4. The fraction of sp³-hybridized carbons (Fsp3) is 0.0556. The van der Waals surface area contributed by atoms with Gasteiger partial charge in [0.1, 0.15) is 36.1 Å². The number of ether oxygens (including phenoxy) is 3. The Morgan fingerprint density at radius 2 is 1.02 bits per heavy atom. The molecule has 0 saturated carbocycles. The zero-order chi connectivity index (χ0) is 36.1. The lowest BCUT2D eigenvalue weighted by Crippen LogP contribution is -2.36. The fourth-order valence-electron chi connectivity index (χ4n) is 4.77. The van der Waals surface area contributed by atoms with E-state index >= 15 is 0 Å². The highest BCUT2D eigenvalue weighted by molar-refractivity contribution is 6.30. The van der Waals surface area contributed by atoms with Crippen LogP contribution in [-0.2, 0) is 14.3 Å². The number of rotatable bonds is 10. The fourth-order valence-corrected chi connectivity index (χ4v) is 5.02. The molecule has 256 valence electrons. The molecule has 13 nitrogen and oxygen atoms in total. The number of carbonyl (C=O) groups excluding carboxylic acids is 4. The molecule has 15 heteroatoms. The number of amides is 2. The first-order valence-corrected chi connectivity index (χ1v) is 15.7. The zero-order valence-electron chi connectivity index (χ0n) is 26.1. The van der Waals surface area contributed by atoms with Gasteiger partial charge in [0.25, 0.3) is 11.8 Å². The van der Waals surface area contributed by atoms with E-state index in [1.807, 2.05) is 0 Å². The molecule has 0 spiro atoms. The van der Waals surface area contributed by atoms with E-state index in [1.165, 1.54) is 24.5 Å². The minimum atomic E-state index is -1.15. The van der Waals surface area contributed by atoms with Crippen molar-refractivity contribution in [3.63, 3.8) is 0 Å². The zero-order valence-corrected chi connectivity index (χ0v) is 27.6. The van der Waals surface area contributed by atoms with Crippen molar-refractivity contribution >= 4 is 68.5 Å². The molecular weight excluding hydrogens is 703 g/mol. The van der Waals surface area contributed by atoms with Gasteiger partial charge >= 0.3 is 11.9 Å². The number of fused-ring (bicyclic) bond motifs is 2. The summed E-state index contributed by atoms with van der Waals surface area (Å²) in [4.78, 5) is 57.9. The van der Waals surface area contributed by atoms with E-state index < -0.39 is 48.3 Å². The molecule has 4 aromatic carbocycles. The van der Waals surface area contributed by atoms with Crippen LogP contribution in [0.3, 0.4) is 0 Å². The number of nitrogens with zero attached hydrogens (tertiary/aromatic N) is 2. The van der Waals surface area contributed by atoms with Gasteiger partial charge in [0.15, 0.2) is 22.9 Å². The second-order valence-electron chi connectivity index (χ2n) is 10.7. The van der Waals surface area contributed by atoms with Crippen molar-refractivity contribution < 1.29 is 43.6 Å². The molecule has 4 N–H and O–H groups in total. The Morgan fingerprint density at radius 1 is 0.569 bits per heavy atom. The number of carbonyl (C=O) groups is 4. The molecule has 51 heavy (non-hydrogen) atoms. The number of nitrogens with one attached hydrogen (secondary N) is 2. The molecule has 6 rings (SSSR count). The largest absolute Gasteiger partial charge is 0.505 e. The number of halogens is 2. The molecule has 0 fully saturated rings. The van der Waals surface area contributed by atoms with Crippen LogP contribution in [0.1, 0.15) is 21.0 Å². The molecule has 2 aromatic heterocycles. The topological polar surface area (TPSA) is 186 Å². The van der Waals surface area contributed by atoms with Gasteiger partial charge < -0.3 is 35.1 Å². The van der Waals surface area contributed by atoms with Crippen LogP contribution >= 0.6 is 23.2 Å². The number of esters is 2. The molecule has 0 atom stereocenters. The Morgan fingerprint density at radius 3 is 1.57 bits per heavy atom. The lowest BCUT2D eigenvalue weighted by Gasteiger charge is -2.11. The highest BCUT2D eigenvalue weighted by atomic mass is 35.5. The molecule has 0 unspecified atom stereocenters. The highest BCUT2D eigenvalue weighted by Crippen LogP contribution is 2.33. The Hall–Kier alpha value is -6.44. The quantitative estimate of drug-likeness (QED) is 0.0915. The maximum absolute atomic E-state index is 12.7. The van der Waals surface area contributed by atoms with E-state index in [9.17, 15) is 29.4 Å². The van der Waals surface area contributed by atoms with E-state index in [0.29, 0.717) is 49.2 Å². The van der Waals surface area contributed by atoms with E-state index in [2.05, 4.69) is 25.3 Å². The van der Waals surface area contributed by atoms with Crippen molar-refractivity contribution in [2.75, 3.05) is 13.1 Å². The summed E-state index contributed by atoms with van der Waals surface area (Å²) in [5.41, 5.74) is -0.753. The van der Waals surface area contributed by atoms with Gasteiger partial charge in [-0.15, -0.1) is 0 Å². The van der Waals surface area contributed by atoms with E-state index in [0.717, 1.165) is 0 Å². The van der Waals surface area contributed by atoms with Gasteiger partial charge in [-0.25, -0.2) is 19.6 Å². The summed E-state index contributed by atoms with van der Waals surface area (Å²) in [7, 11) is 0. The van der Waals surface area contributed by atoms with Crippen LogP contribution in [0.5, 0.6) is 34.5 Å². The Kier molecular flexibility index (Phi) is 10.1. The second-order valence-corrected chi connectivity index (χ2v) is 11.6. The van der Waals surface area contributed by atoms with Gasteiger partial charge in [-0.05, 0) is 84.9 Å². The number of pyridine rings is 2. The lowest BCUT2D eigenvalue weighted by molar-refractivity contribution is -0.158. The maximum Gasteiger partial charge on any atom is 0.333 e. The summed E-state index contributed by atoms with van der Waals surface area (Å²) < 4.78 is 16.2. The number of aromatic hydroxyl groups is 2. The number of hydrogen-bond acceptors (Lipinski definition) is 11. The molecule has 0 radical (unpaired) electrons. The number of aromatic nitrogens is 2. The molecule has 6 aromatic rings. The second kappa shape index (κ2) is 15.0. The molecule has 0 aliphatic heterocycles. The van der Waals surface area contributed by atoms with Gasteiger partial charge in [0, 0.05) is 44.0 Å².